The molecule has 1 aliphatic heterocycles. The molecule has 1 heterocycles. The molecular weight excluding hydrogens is 278 g/mol. The highest BCUT2D eigenvalue weighted by Gasteiger charge is 2.40. The van der Waals surface area contributed by atoms with Crippen LogP contribution in [0.2, 0.25) is 0 Å². The van der Waals surface area contributed by atoms with Gasteiger partial charge in [0, 0.05) is 0 Å². The van der Waals surface area contributed by atoms with E-state index in [2.05, 4.69) is 61.0 Å². The molecule has 21 heavy (non-hydrogen) atoms. The van der Waals surface area contributed by atoms with Crippen LogP contribution in [-0.2, 0) is 5.66 Å². The molecule has 2 aromatic rings. The van der Waals surface area contributed by atoms with Crippen molar-refractivity contribution in [1.82, 2.24) is 10.7 Å². The zero-order chi connectivity index (χ0) is 14.9. The molecular formula is C17H19N3S. The van der Waals surface area contributed by atoms with Crippen LogP contribution < -0.4 is 15.8 Å². The minimum atomic E-state index is -0.344. The van der Waals surface area contributed by atoms with E-state index in [1.165, 1.54) is 11.1 Å². The number of anilines is 1. The summed E-state index contributed by atoms with van der Waals surface area (Å²) < 4.78 is 0. The summed E-state index contributed by atoms with van der Waals surface area (Å²) in [5.74, 6) is 0. The monoisotopic (exact) mass is 297 g/mol. The molecule has 2 aromatic carbocycles. The topological polar surface area (TPSA) is 27.3 Å². The SMILES string of the molecule is CC[C@]1(c2ccccc2)NC(=S)N(c2ccc(C)cc2)N1. The lowest BCUT2D eigenvalue weighted by Gasteiger charge is -2.29. The molecule has 0 bridgehead atoms. The standard InChI is InChI=1S/C17H19N3S/c1-3-17(14-7-5-4-6-8-14)18-16(21)20(19-17)15-11-9-13(2)10-12-15/h4-12,19H,3H2,1-2H3,(H,18,21)/t17-/m0/s1. The van der Waals surface area contributed by atoms with Gasteiger partial charge in [-0.2, -0.15) is 5.43 Å². The van der Waals surface area contributed by atoms with Crippen LogP contribution in [0.3, 0.4) is 0 Å². The van der Waals surface area contributed by atoms with Crippen LogP contribution in [0, 0.1) is 6.92 Å². The maximum absolute atomic E-state index is 5.52. The molecule has 1 fully saturated rings. The second-order valence-electron chi connectivity index (χ2n) is 5.34. The Labute approximate surface area is 130 Å². The number of nitrogens with one attached hydrogen (secondary N) is 2. The summed E-state index contributed by atoms with van der Waals surface area (Å²) in [7, 11) is 0. The number of nitrogens with zero attached hydrogens (tertiary/aromatic N) is 1. The van der Waals surface area contributed by atoms with E-state index in [9.17, 15) is 0 Å². The van der Waals surface area contributed by atoms with E-state index in [0.717, 1.165) is 12.1 Å². The predicted molar refractivity (Wildman–Crippen MR) is 90.9 cm³/mol. The zero-order valence-electron chi connectivity index (χ0n) is 12.3. The van der Waals surface area contributed by atoms with Gasteiger partial charge in [0.15, 0.2) is 5.11 Å². The fourth-order valence-corrected chi connectivity index (χ4v) is 2.94. The normalized spacial score (nSPS) is 21.4. The summed E-state index contributed by atoms with van der Waals surface area (Å²) in [4.78, 5) is 0. The maximum Gasteiger partial charge on any atom is 0.190 e. The molecule has 3 nitrogen and oxygen atoms in total. The van der Waals surface area contributed by atoms with E-state index in [1.54, 1.807) is 0 Å². The molecule has 1 aliphatic rings. The second-order valence-corrected chi connectivity index (χ2v) is 5.72. The first-order valence-corrected chi connectivity index (χ1v) is 7.58. The van der Waals surface area contributed by atoms with Crippen molar-refractivity contribution in [2.75, 3.05) is 5.01 Å². The van der Waals surface area contributed by atoms with Gasteiger partial charge < -0.3 is 5.32 Å². The van der Waals surface area contributed by atoms with Crippen molar-refractivity contribution in [2.45, 2.75) is 25.9 Å². The van der Waals surface area contributed by atoms with Crippen LogP contribution in [-0.4, -0.2) is 5.11 Å². The van der Waals surface area contributed by atoms with Crippen LogP contribution in [0.4, 0.5) is 5.69 Å². The number of hydrogen-bond donors (Lipinski definition) is 2. The van der Waals surface area contributed by atoms with Gasteiger partial charge in [0.25, 0.3) is 0 Å². The van der Waals surface area contributed by atoms with Crippen LogP contribution >= 0.6 is 12.2 Å². The Hall–Kier alpha value is -1.91. The summed E-state index contributed by atoms with van der Waals surface area (Å²) in [6, 6.07) is 18.7. The van der Waals surface area contributed by atoms with Gasteiger partial charge in [0.05, 0.1) is 5.69 Å². The molecule has 1 atom stereocenters. The summed E-state index contributed by atoms with van der Waals surface area (Å²) in [6.45, 7) is 4.23. The van der Waals surface area contributed by atoms with E-state index in [-0.39, 0.29) is 5.66 Å². The Morgan fingerprint density at radius 1 is 1.05 bits per heavy atom. The van der Waals surface area contributed by atoms with Crippen LogP contribution in [0.25, 0.3) is 0 Å². The lowest BCUT2D eigenvalue weighted by atomic mass is 9.98. The average molecular weight is 297 g/mol. The third-order valence-corrected chi connectivity index (χ3v) is 4.20. The third-order valence-electron chi connectivity index (χ3n) is 3.92. The van der Waals surface area contributed by atoms with Crippen molar-refractivity contribution >= 4 is 23.0 Å². The Morgan fingerprint density at radius 2 is 1.71 bits per heavy atom. The fourth-order valence-electron chi connectivity index (χ4n) is 2.61. The maximum atomic E-state index is 5.52. The summed E-state index contributed by atoms with van der Waals surface area (Å²) in [5, 5.41) is 6.09. The first-order chi connectivity index (χ1) is 10.1. The molecule has 0 unspecified atom stereocenters. The number of aryl methyl sites for hydroxylation is 1. The number of thiocarbonyl (C=S) groups is 1. The molecule has 1 saturated heterocycles. The Kier molecular flexibility index (Phi) is 3.66. The molecule has 0 amide bonds. The summed E-state index contributed by atoms with van der Waals surface area (Å²) in [6.07, 6.45) is 0.888. The molecule has 2 N–H and O–H groups in total. The van der Waals surface area contributed by atoms with Gasteiger partial charge in [-0.1, -0.05) is 55.0 Å². The highest BCUT2D eigenvalue weighted by molar-refractivity contribution is 7.80. The molecule has 0 saturated carbocycles. The van der Waals surface area contributed by atoms with Gasteiger partial charge in [-0.3, -0.25) is 0 Å². The van der Waals surface area contributed by atoms with Crippen molar-refractivity contribution in [2.24, 2.45) is 0 Å². The molecule has 0 aromatic heterocycles. The van der Waals surface area contributed by atoms with Gasteiger partial charge in [0.2, 0.25) is 0 Å². The molecule has 4 heteroatoms. The first kappa shape index (κ1) is 14.0. The molecule has 0 aliphatic carbocycles. The quantitative estimate of drug-likeness (QED) is 0.849. The lowest BCUT2D eigenvalue weighted by Crippen LogP contribution is -2.47. The van der Waals surface area contributed by atoms with Gasteiger partial charge in [0.1, 0.15) is 5.66 Å². The lowest BCUT2D eigenvalue weighted by molar-refractivity contribution is 0.337. The fraction of sp³-hybridized carbons (Fsp3) is 0.235. The van der Waals surface area contributed by atoms with E-state index in [1.807, 2.05) is 23.2 Å². The van der Waals surface area contributed by atoms with E-state index in [0.29, 0.717) is 5.11 Å². The van der Waals surface area contributed by atoms with E-state index >= 15 is 0 Å². The van der Waals surface area contributed by atoms with Crippen LogP contribution in [0.15, 0.2) is 54.6 Å². The van der Waals surface area contributed by atoms with Gasteiger partial charge in [-0.05, 0) is 43.3 Å². The molecule has 0 radical (unpaired) electrons. The predicted octanol–water partition coefficient (Wildman–Crippen LogP) is 3.46. The highest BCUT2D eigenvalue weighted by Crippen LogP contribution is 2.29. The zero-order valence-corrected chi connectivity index (χ0v) is 13.1. The van der Waals surface area contributed by atoms with E-state index in [4.69, 9.17) is 12.2 Å². The Bertz CT molecular complexity index is 639. The van der Waals surface area contributed by atoms with Crippen LogP contribution in [0.1, 0.15) is 24.5 Å². The van der Waals surface area contributed by atoms with Crippen molar-refractivity contribution in [1.29, 1.82) is 0 Å². The van der Waals surface area contributed by atoms with Crippen LogP contribution in [0.5, 0.6) is 0 Å². The Balaban J connectivity index is 1.94. The van der Waals surface area contributed by atoms with Gasteiger partial charge >= 0.3 is 0 Å². The highest BCUT2D eigenvalue weighted by atomic mass is 32.1. The van der Waals surface area contributed by atoms with Gasteiger partial charge in [-0.25, -0.2) is 5.01 Å². The Morgan fingerprint density at radius 3 is 2.33 bits per heavy atom. The first-order valence-electron chi connectivity index (χ1n) is 7.17. The van der Waals surface area contributed by atoms with Crippen molar-refractivity contribution < 1.29 is 0 Å². The minimum absolute atomic E-state index is 0.344. The van der Waals surface area contributed by atoms with Gasteiger partial charge in [-0.15, -0.1) is 0 Å². The van der Waals surface area contributed by atoms with Crippen molar-refractivity contribution in [3.05, 3.63) is 65.7 Å². The number of benzene rings is 2. The summed E-state index contributed by atoms with van der Waals surface area (Å²) >= 11 is 5.52. The number of rotatable bonds is 3. The minimum Gasteiger partial charge on any atom is -0.338 e. The number of hydrazine groups is 1. The molecule has 0 spiro atoms. The largest absolute Gasteiger partial charge is 0.338 e. The third kappa shape index (κ3) is 2.52. The van der Waals surface area contributed by atoms with Crippen molar-refractivity contribution in [3.63, 3.8) is 0 Å². The second kappa shape index (κ2) is 5.47. The average Bonchev–Trinajstić information content (AvgIpc) is 2.87. The smallest absolute Gasteiger partial charge is 0.190 e. The molecule has 3 rings (SSSR count). The number of hydrogen-bond acceptors (Lipinski definition) is 2. The summed E-state index contributed by atoms with van der Waals surface area (Å²) in [5.41, 5.74) is 6.66. The van der Waals surface area contributed by atoms with Crippen molar-refractivity contribution in [3.8, 4) is 0 Å². The van der Waals surface area contributed by atoms with E-state index < -0.39 is 0 Å². The molecule has 108 valence electrons.